The first-order chi connectivity index (χ1) is 12.2. The number of aryl methyl sites for hydroxylation is 1. The maximum atomic E-state index is 12.6. The van der Waals surface area contributed by atoms with Gasteiger partial charge < -0.3 is 18.6 Å². The number of furan rings is 1. The van der Waals surface area contributed by atoms with Gasteiger partial charge in [-0.05, 0) is 44.7 Å². The molecule has 2 fully saturated rings. The van der Waals surface area contributed by atoms with Crippen molar-refractivity contribution < 1.29 is 13.9 Å². The van der Waals surface area contributed by atoms with E-state index in [2.05, 4.69) is 11.5 Å². The average molecular weight is 343 g/mol. The minimum Gasteiger partial charge on any atom is -0.459 e. The molecule has 0 bridgehead atoms. The van der Waals surface area contributed by atoms with Crippen molar-refractivity contribution in [1.29, 1.82) is 0 Å². The number of likely N-dealkylation sites (tertiary alicyclic amines) is 1. The van der Waals surface area contributed by atoms with Gasteiger partial charge in [-0.25, -0.2) is 4.98 Å². The molecule has 25 heavy (non-hydrogen) atoms. The topological polar surface area (TPSA) is 60.5 Å². The van der Waals surface area contributed by atoms with Crippen molar-refractivity contribution in [2.45, 2.75) is 44.6 Å². The van der Waals surface area contributed by atoms with Crippen molar-refractivity contribution in [3.05, 3.63) is 41.9 Å². The molecule has 0 radical (unpaired) electrons. The Labute approximate surface area is 147 Å². The van der Waals surface area contributed by atoms with Gasteiger partial charge in [0.1, 0.15) is 5.82 Å². The number of piperidine rings is 1. The standard InChI is InChI=1S/C19H25N3O3/c1-14-12-20-18(15-6-10-24-11-7-15)22(14)16-4-2-8-21(13-16)19(23)17-5-3-9-25-17/h3,5,9,12,15-16H,2,4,6-8,10-11,13H2,1H3. The van der Waals surface area contributed by atoms with Crippen LogP contribution in [0.15, 0.2) is 29.0 Å². The maximum absolute atomic E-state index is 12.6. The predicted octanol–water partition coefficient (Wildman–Crippen LogP) is 3.16. The zero-order valence-electron chi connectivity index (χ0n) is 14.7. The summed E-state index contributed by atoms with van der Waals surface area (Å²) in [4.78, 5) is 19.3. The number of rotatable bonds is 3. The quantitative estimate of drug-likeness (QED) is 0.859. The molecule has 2 aliphatic heterocycles. The van der Waals surface area contributed by atoms with Crippen molar-refractivity contribution in [2.24, 2.45) is 0 Å². The van der Waals surface area contributed by atoms with Crippen LogP contribution in [0, 0.1) is 6.92 Å². The van der Waals surface area contributed by atoms with Gasteiger partial charge in [0.2, 0.25) is 0 Å². The Morgan fingerprint density at radius 2 is 2.12 bits per heavy atom. The number of imidazole rings is 1. The van der Waals surface area contributed by atoms with Crippen LogP contribution in [0.1, 0.15) is 59.7 Å². The van der Waals surface area contributed by atoms with E-state index in [9.17, 15) is 4.79 Å². The Balaban J connectivity index is 1.55. The molecule has 6 heteroatoms. The van der Waals surface area contributed by atoms with E-state index in [0.717, 1.165) is 51.3 Å². The van der Waals surface area contributed by atoms with E-state index in [1.807, 2.05) is 11.1 Å². The van der Waals surface area contributed by atoms with Gasteiger partial charge in [-0.2, -0.15) is 0 Å². The molecule has 0 N–H and O–H groups in total. The summed E-state index contributed by atoms with van der Waals surface area (Å²) in [5, 5.41) is 0. The summed E-state index contributed by atoms with van der Waals surface area (Å²) < 4.78 is 13.2. The molecule has 2 aromatic heterocycles. The van der Waals surface area contributed by atoms with E-state index in [-0.39, 0.29) is 11.9 Å². The number of carbonyl (C=O) groups excluding carboxylic acids is 1. The van der Waals surface area contributed by atoms with E-state index in [1.165, 1.54) is 5.69 Å². The van der Waals surface area contributed by atoms with E-state index in [0.29, 0.717) is 18.2 Å². The molecule has 134 valence electrons. The second-order valence-corrected chi connectivity index (χ2v) is 7.04. The summed E-state index contributed by atoms with van der Waals surface area (Å²) >= 11 is 0. The lowest BCUT2D eigenvalue weighted by molar-refractivity contribution is 0.0636. The monoisotopic (exact) mass is 343 g/mol. The lowest BCUT2D eigenvalue weighted by atomic mass is 9.97. The molecule has 1 unspecified atom stereocenters. The molecular formula is C19H25N3O3. The third-order valence-electron chi connectivity index (χ3n) is 5.38. The van der Waals surface area contributed by atoms with Crippen molar-refractivity contribution in [3.8, 4) is 0 Å². The highest BCUT2D eigenvalue weighted by molar-refractivity contribution is 5.91. The van der Waals surface area contributed by atoms with Crippen LogP contribution in [0.25, 0.3) is 0 Å². The summed E-state index contributed by atoms with van der Waals surface area (Å²) in [6.07, 6.45) is 7.66. The van der Waals surface area contributed by atoms with Crippen LogP contribution in [0.4, 0.5) is 0 Å². The van der Waals surface area contributed by atoms with Crippen LogP contribution in [-0.4, -0.2) is 46.7 Å². The number of amides is 1. The molecule has 1 atom stereocenters. The normalized spacial score (nSPS) is 22.3. The van der Waals surface area contributed by atoms with Gasteiger partial charge >= 0.3 is 0 Å². The molecule has 2 aromatic rings. The molecule has 6 nitrogen and oxygen atoms in total. The Morgan fingerprint density at radius 3 is 2.88 bits per heavy atom. The van der Waals surface area contributed by atoms with Gasteiger partial charge in [0.05, 0.1) is 12.3 Å². The summed E-state index contributed by atoms with van der Waals surface area (Å²) in [7, 11) is 0. The molecule has 1 amide bonds. The highest BCUT2D eigenvalue weighted by Gasteiger charge is 2.30. The fourth-order valence-electron chi connectivity index (χ4n) is 4.10. The Bertz CT molecular complexity index is 716. The largest absolute Gasteiger partial charge is 0.459 e. The van der Waals surface area contributed by atoms with Gasteiger partial charge in [0.25, 0.3) is 5.91 Å². The third kappa shape index (κ3) is 3.23. The number of aromatic nitrogens is 2. The Kier molecular flexibility index (Phi) is 4.61. The van der Waals surface area contributed by atoms with Crippen LogP contribution < -0.4 is 0 Å². The molecular weight excluding hydrogens is 318 g/mol. The lowest BCUT2D eigenvalue weighted by Gasteiger charge is -2.35. The number of nitrogens with zero attached hydrogens (tertiary/aromatic N) is 3. The first kappa shape index (κ1) is 16.4. The van der Waals surface area contributed by atoms with Gasteiger partial charge in [0.15, 0.2) is 5.76 Å². The summed E-state index contributed by atoms with van der Waals surface area (Å²) in [5.41, 5.74) is 1.18. The highest BCUT2D eigenvalue weighted by atomic mass is 16.5. The van der Waals surface area contributed by atoms with E-state index < -0.39 is 0 Å². The number of hydrogen-bond donors (Lipinski definition) is 0. The third-order valence-corrected chi connectivity index (χ3v) is 5.38. The van der Waals surface area contributed by atoms with Crippen LogP contribution in [0.3, 0.4) is 0 Å². The van der Waals surface area contributed by atoms with Crippen LogP contribution >= 0.6 is 0 Å². The summed E-state index contributed by atoms with van der Waals surface area (Å²) in [6.45, 7) is 5.24. The molecule has 4 rings (SSSR count). The first-order valence-corrected chi connectivity index (χ1v) is 9.18. The van der Waals surface area contributed by atoms with Gasteiger partial charge in [-0.3, -0.25) is 4.79 Å². The van der Waals surface area contributed by atoms with E-state index in [1.54, 1.807) is 18.4 Å². The Morgan fingerprint density at radius 1 is 1.28 bits per heavy atom. The minimum atomic E-state index is -0.0138. The predicted molar refractivity (Wildman–Crippen MR) is 92.6 cm³/mol. The lowest BCUT2D eigenvalue weighted by Crippen LogP contribution is -2.41. The average Bonchev–Trinajstić information content (AvgIpc) is 3.32. The van der Waals surface area contributed by atoms with Crippen LogP contribution in [0.5, 0.6) is 0 Å². The molecule has 0 aliphatic carbocycles. The fourth-order valence-corrected chi connectivity index (χ4v) is 4.10. The van der Waals surface area contributed by atoms with Crippen molar-refractivity contribution >= 4 is 5.91 Å². The van der Waals surface area contributed by atoms with Crippen molar-refractivity contribution in [3.63, 3.8) is 0 Å². The number of carbonyl (C=O) groups is 1. The molecule has 0 spiro atoms. The van der Waals surface area contributed by atoms with E-state index in [4.69, 9.17) is 14.1 Å². The Hall–Kier alpha value is -2.08. The molecule has 2 saturated heterocycles. The fraction of sp³-hybridized carbons (Fsp3) is 0.579. The van der Waals surface area contributed by atoms with Crippen LogP contribution in [-0.2, 0) is 4.74 Å². The second kappa shape index (κ2) is 7.04. The minimum absolute atomic E-state index is 0.0138. The van der Waals surface area contributed by atoms with Crippen molar-refractivity contribution in [1.82, 2.24) is 14.5 Å². The SMILES string of the molecule is Cc1cnc(C2CCOCC2)n1C1CCCN(C(=O)c2ccco2)C1. The highest BCUT2D eigenvalue weighted by Crippen LogP contribution is 2.32. The van der Waals surface area contributed by atoms with Crippen molar-refractivity contribution in [2.75, 3.05) is 26.3 Å². The van der Waals surface area contributed by atoms with Gasteiger partial charge in [0, 0.05) is 44.1 Å². The first-order valence-electron chi connectivity index (χ1n) is 9.18. The summed E-state index contributed by atoms with van der Waals surface area (Å²) in [6, 6.07) is 3.78. The second-order valence-electron chi connectivity index (χ2n) is 7.04. The molecule has 0 aromatic carbocycles. The van der Waals surface area contributed by atoms with E-state index >= 15 is 0 Å². The van der Waals surface area contributed by atoms with Crippen LogP contribution in [0.2, 0.25) is 0 Å². The summed E-state index contributed by atoms with van der Waals surface area (Å²) in [5.74, 6) is 2.03. The van der Waals surface area contributed by atoms with Gasteiger partial charge in [-0.15, -0.1) is 0 Å². The molecule has 2 aliphatic rings. The number of hydrogen-bond acceptors (Lipinski definition) is 4. The molecule has 0 saturated carbocycles. The zero-order valence-corrected chi connectivity index (χ0v) is 14.7. The number of ether oxygens (including phenoxy) is 1. The zero-order chi connectivity index (χ0) is 17.2. The van der Waals surface area contributed by atoms with Gasteiger partial charge in [-0.1, -0.05) is 0 Å². The maximum Gasteiger partial charge on any atom is 0.289 e. The molecule has 4 heterocycles. The smallest absolute Gasteiger partial charge is 0.289 e.